The van der Waals surface area contributed by atoms with E-state index in [1.54, 1.807) is 7.05 Å². The van der Waals surface area contributed by atoms with Crippen LogP contribution in [0.4, 0.5) is 10.5 Å². The summed E-state index contributed by atoms with van der Waals surface area (Å²) in [5, 5.41) is -0.283. The van der Waals surface area contributed by atoms with Gasteiger partial charge in [-0.25, -0.2) is 0 Å². The zero-order chi connectivity index (χ0) is 10.6. The smallest absolute Gasteiger partial charge is 0.282 e. The highest BCUT2D eigenvalue weighted by molar-refractivity contribution is 7.96. The Hall–Kier alpha value is -1.16. The van der Waals surface area contributed by atoms with E-state index in [0.717, 1.165) is 11.4 Å². The number of thiol groups is 1. The van der Waals surface area contributed by atoms with Gasteiger partial charge in [-0.1, -0.05) is 12.6 Å². The Morgan fingerprint density at radius 3 is 2.43 bits per heavy atom. The first-order valence-electron chi connectivity index (χ1n) is 4.34. The van der Waals surface area contributed by atoms with Gasteiger partial charge in [0, 0.05) is 12.7 Å². The molecule has 0 aliphatic carbocycles. The number of hydrogen-bond acceptors (Lipinski definition) is 2. The van der Waals surface area contributed by atoms with Crippen molar-refractivity contribution in [2.45, 2.75) is 6.92 Å². The van der Waals surface area contributed by atoms with Crippen molar-refractivity contribution in [1.82, 2.24) is 0 Å². The molecule has 0 aromatic heterocycles. The third kappa shape index (κ3) is 2.67. The molecule has 1 aromatic rings. The molecule has 4 heteroatoms. The van der Waals surface area contributed by atoms with Gasteiger partial charge in [0.2, 0.25) is 0 Å². The van der Waals surface area contributed by atoms with E-state index in [0.29, 0.717) is 6.61 Å². The maximum Gasteiger partial charge on any atom is 0.282 e. The van der Waals surface area contributed by atoms with Gasteiger partial charge in [0.25, 0.3) is 5.24 Å². The summed E-state index contributed by atoms with van der Waals surface area (Å²) >= 11 is 3.73. The van der Waals surface area contributed by atoms with Crippen LogP contribution in [-0.4, -0.2) is 18.9 Å². The second-order valence-corrected chi connectivity index (χ2v) is 3.15. The van der Waals surface area contributed by atoms with Crippen molar-refractivity contribution in [3.05, 3.63) is 24.3 Å². The van der Waals surface area contributed by atoms with Crippen LogP contribution in [0.25, 0.3) is 0 Å². The zero-order valence-corrected chi connectivity index (χ0v) is 9.12. The van der Waals surface area contributed by atoms with Crippen molar-refractivity contribution in [3.63, 3.8) is 0 Å². The summed E-state index contributed by atoms with van der Waals surface area (Å²) in [4.78, 5) is 12.4. The van der Waals surface area contributed by atoms with Gasteiger partial charge in [-0.15, -0.1) is 0 Å². The average Bonchev–Trinajstić information content (AvgIpc) is 2.18. The molecule has 0 aliphatic rings. The number of rotatable bonds is 3. The van der Waals surface area contributed by atoms with E-state index in [1.807, 2.05) is 31.2 Å². The molecule has 0 spiro atoms. The molecule has 0 saturated heterocycles. The lowest BCUT2D eigenvalue weighted by Crippen LogP contribution is -2.19. The van der Waals surface area contributed by atoms with Crippen LogP contribution in [-0.2, 0) is 0 Å². The molecule has 0 bridgehead atoms. The van der Waals surface area contributed by atoms with Crippen LogP contribution in [0.3, 0.4) is 0 Å². The predicted molar refractivity (Wildman–Crippen MR) is 60.4 cm³/mol. The first-order valence-corrected chi connectivity index (χ1v) is 4.79. The first-order chi connectivity index (χ1) is 6.65. The second-order valence-electron chi connectivity index (χ2n) is 2.77. The lowest BCUT2D eigenvalue weighted by Gasteiger charge is -2.14. The van der Waals surface area contributed by atoms with E-state index in [4.69, 9.17) is 4.74 Å². The molecule has 0 saturated carbocycles. The van der Waals surface area contributed by atoms with Gasteiger partial charge in [-0.2, -0.15) is 0 Å². The maximum absolute atomic E-state index is 10.9. The summed E-state index contributed by atoms with van der Waals surface area (Å²) in [7, 11) is 1.67. The normalized spacial score (nSPS) is 9.64. The molecule has 1 amide bonds. The molecule has 0 unspecified atom stereocenters. The molecule has 0 aliphatic heterocycles. The lowest BCUT2D eigenvalue weighted by atomic mass is 10.3. The maximum atomic E-state index is 10.9. The van der Waals surface area contributed by atoms with Gasteiger partial charge < -0.3 is 9.64 Å². The van der Waals surface area contributed by atoms with E-state index in [2.05, 4.69) is 12.6 Å². The van der Waals surface area contributed by atoms with Crippen molar-refractivity contribution in [2.75, 3.05) is 18.6 Å². The third-order valence-electron chi connectivity index (χ3n) is 1.82. The van der Waals surface area contributed by atoms with Crippen molar-refractivity contribution >= 4 is 23.6 Å². The van der Waals surface area contributed by atoms with Crippen LogP contribution in [0.15, 0.2) is 24.3 Å². The number of carbonyl (C=O) groups is 1. The molecule has 1 aromatic carbocycles. The van der Waals surface area contributed by atoms with Crippen molar-refractivity contribution in [2.24, 2.45) is 0 Å². The van der Waals surface area contributed by atoms with Crippen LogP contribution in [0.2, 0.25) is 0 Å². The summed E-state index contributed by atoms with van der Waals surface area (Å²) < 4.78 is 5.28. The van der Waals surface area contributed by atoms with E-state index in [9.17, 15) is 4.79 Å². The molecule has 1 rings (SSSR count). The van der Waals surface area contributed by atoms with Gasteiger partial charge >= 0.3 is 0 Å². The minimum absolute atomic E-state index is 0.283. The topological polar surface area (TPSA) is 29.5 Å². The molecule has 14 heavy (non-hydrogen) atoms. The molecule has 0 heterocycles. The SMILES string of the molecule is CCOc1ccc(N(C)C(=O)S)cc1. The van der Waals surface area contributed by atoms with Gasteiger partial charge in [-0.05, 0) is 31.2 Å². The molecule has 0 fully saturated rings. The van der Waals surface area contributed by atoms with Crippen molar-refractivity contribution in [1.29, 1.82) is 0 Å². The van der Waals surface area contributed by atoms with E-state index in [-0.39, 0.29) is 5.24 Å². The fraction of sp³-hybridized carbons (Fsp3) is 0.300. The van der Waals surface area contributed by atoms with Crippen LogP contribution < -0.4 is 9.64 Å². The minimum Gasteiger partial charge on any atom is -0.494 e. The Morgan fingerprint density at radius 2 is 2.00 bits per heavy atom. The summed E-state index contributed by atoms with van der Waals surface area (Å²) in [6.07, 6.45) is 0. The number of benzene rings is 1. The van der Waals surface area contributed by atoms with Crippen molar-refractivity contribution < 1.29 is 9.53 Å². The minimum atomic E-state index is -0.283. The Morgan fingerprint density at radius 1 is 1.43 bits per heavy atom. The fourth-order valence-electron chi connectivity index (χ4n) is 1.04. The lowest BCUT2D eigenvalue weighted by molar-refractivity contribution is 0.266. The summed E-state index contributed by atoms with van der Waals surface area (Å²) in [5.41, 5.74) is 0.799. The molecule has 0 atom stereocenters. The number of amides is 1. The predicted octanol–water partition coefficient (Wildman–Crippen LogP) is 2.57. The van der Waals surface area contributed by atoms with Crippen LogP contribution in [0.1, 0.15) is 6.92 Å². The van der Waals surface area contributed by atoms with Crippen molar-refractivity contribution in [3.8, 4) is 5.75 Å². The highest BCUT2D eigenvalue weighted by Gasteiger charge is 2.05. The Balaban J connectivity index is 2.77. The van der Waals surface area contributed by atoms with Gasteiger partial charge in [0.05, 0.1) is 6.61 Å². The average molecular weight is 211 g/mol. The Kier molecular flexibility index (Phi) is 3.83. The molecular weight excluding hydrogens is 198 g/mol. The number of carbonyl (C=O) groups excluding carboxylic acids is 1. The van der Waals surface area contributed by atoms with E-state index >= 15 is 0 Å². The highest BCUT2D eigenvalue weighted by Crippen LogP contribution is 2.19. The van der Waals surface area contributed by atoms with Gasteiger partial charge in [0.15, 0.2) is 0 Å². The van der Waals surface area contributed by atoms with E-state index < -0.39 is 0 Å². The molecule has 3 nitrogen and oxygen atoms in total. The van der Waals surface area contributed by atoms with Gasteiger partial charge in [0.1, 0.15) is 5.75 Å². The zero-order valence-electron chi connectivity index (χ0n) is 8.23. The fourth-order valence-corrected chi connectivity index (χ4v) is 1.16. The monoisotopic (exact) mass is 211 g/mol. The van der Waals surface area contributed by atoms with Crippen LogP contribution in [0.5, 0.6) is 5.75 Å². The van der Waals surface area contributed by atoms with Crippen LogP contribution in [0, 0.1) is 0 Å². The molecule has 76 valence electrons. The standard InChI is InChI=1S/C10H13NO2S/c1-3-13-9-6-4-8(5-7-9)11(2)10(12)14/h4-7H,3H2,1-2H3,(H,12,14). The number of hydrogen-bond donors (Lipinski definition) is 1. The Bertz CT molecular complexity index is 310. The number of nitrogens with zero attached hydrogens (tertiary/aromatic N) is 1. The highest BCUT2D eigenvalue weighted by atomic mass is 32.1. The molecular formula is C10H13NO2S. The summed E-state index contributed by atoms with van der Waals surface area (Å²) in [5.74, 6) is 0.802. The number of anilines is 1. The second kappa shape index (κ2) is 4.91. The molecule has 0 radical (unpaired) electrons. The largest absolute Gasteiger partial charge is 0.494 e. The summed E-state index contributed by atoms with van der Waals surface area (Å²) in [6, 6.07) is 7.29. The first kappa shape index (κ1) is 10.9. The number of ether oxygens (including phenoxy) is 1. The Labute approximate surface area is 89.1 Å². The summed E-state index contributed by atoms with van der Waals surface area (Å²) in [6.45, 7) is 2.57. The van der Waals surface area contributed by atoms with Gasteiger partial charge in [-0.3, -0.25) is 4.79 Å². The quantitative estimate of drug-likeness (QED) is 0.779. The van der Waals surface area contributed by atoms with Crippen LogP contribution >= 0.6 is 12.6 Å². The third-order valence-corrected chi connectivity index (χ3v) is 2.12. The van der Waals surface area contributed by atoms with E-state index in [1.165, 1.54) is 4.90 Å². The molecule has 0 N–H and O–H groups in total.